The molecule has 76 valence electrons. The first kappa shape index (κ1) is 11.6. The van der Waals surface area contributed by atoms with E-state index in [2.05, 4.69) is 28.6 Å². The van der Waals surface area contributed by atoms with E-state index in [4.69, 9.17) is 0 Å². The van der Waals surface area contributed by atoms with Gasteiger partial charge in [-0.25, -0.2) is 0 Å². The maximum atomic E-state index is 10.9. The van der Waals surface area contributed by atoms with Gasteiger partial charge in [-0.05, 0) is 30.2 Å². The van der Waals surface area contributed by atoms with Crippen LogP contribution in [-0.4, -0.2) is 17.2 Å². The number of benzene rings is 1. The lowest BCUT2D eigenvalue weighted by molar-refractivity contribution is 0.232. The Morgan fingerprint density at radius 2 is 2.21 bits per heavy atom. The second-order valence-corrected chi connectivity index (χ2v) is 4.51. The fourth-order valence-corrected chi connectivity index (χ4v) is 1.61. The van der Waals surface area contributed by atoms with Crippen LogP contribution >= 0.6 is 28.6 Å². The smallest absolute Gasteiger partial charge is 0.278 e. The summed E-state index contributed by atoms with van der Waals surface area (Å²) in [5.41, 5.74) is 2.30. The molecule has 1 amide bonds. The average Bonchev–Trinajstić information content (AvgIpc) is 2.11. The Morgan fingerprint density at radius 1 is 1.57 bits per heavy atom. The van der Waals surface area contributed by atoms with E-state index in [1.54, 1.807) is 11.9 Å². The van der Waals surface area contributed by atoms with Crippen molar-refractivity contribution in [2.24, 2.45) is 0 Å². The summed E-state index contributed by atoms with van der Waals surface area (Å²) in [4.78, 5) is 12.5. The number of rotatable bonds is 2. The lowest BCUT2D eigenvalue weighted by Crippen LogP contribution is -2.20. The number of nitrogens with zero attached hydrogens (tertiary/aromatic N) is 1. The van der Waals surface area contributed by atoms with Crippen molar-refractivity contribution >= 4 is 33.8 Å². The van der Waals surface area contributed by atoms with Crippen molar-refractivity contribution in [2.45, 2.75) is 13.5 Å². The van der Waals surface area contributed by atoms with Gasteiger partial charge >= 0.3 is 0 Å². The molecule has 0 unspecified atom stereocenters. The van der Waals surface area contributed by atoms with Crippen molar-refractivity contribution < 1.29 is 4.79 Å². The van der Waals surface area contributed by atoms with Gasteiger partial charge in [0.2, 0.25) is 0 Å². The van der Waals surface area contributed by atoms with Gasteiger partial charge in [-0.15, -0.1) is 0 Å². The third-order valence-corrected chi connectivity index (χ3v) is 2.88. The van der Waals surface area contributed by atoms with Crippen LogP contribution in [0.4, 0.5) is 4.79 Å². The van der Waals surface area contributed by atoms with Gasteiger partial charge in [-0.2, -0.15) is 0 Å². The normalized spacial score (nSPS) is 10.0. The van der Waals surface area contributed by atoms with Crippen LogP contribution in [0.3, 0.4) is 0 Å². The van der Waals surface area contributed by atoms with Gasteiger partial charge in [-0.1, -0.05) is 34.6 Å². The number of thiol groups is 1. The predicted octanol–water partition coefficient (Wildman–Crippen LogP) is 3.24. The summed E-state index contributed by atoms with van der Waals surface area (Å²) in [7, 11) is 1.73. The Bertz CT molecular complexity index is 354. The van der Waals surface area contributed by atoms with E-state index in [1.807, 2.05) is 25.1 Å². The second-order valence-electron chi connectivity index (χ2n) is 3.21. The molecule has 0 aliphatic rings. The van der Waals surface area contributed by atoms with Crippen LogP contribution in [0.2, 0.25) is 0 Å². The third-order valence-electron chi connectivity index (χ3n) is 2.05. The van der Waals surface area contributed by atoms with Gasteiger partial charge in [-0.3, -0.25) is 4.79 Å². The van der Waals surface area contributed by atoms with Crippen LogP contribution in [-0.2, 0) is 6.54 Å². The number of hydrogen-bond acceptors (Lipinski definition) is 1. The third kappa shape index (κ3) is 3.03. The van der Waals surface area contributed by atoms with Crippen molar-refractivity contribution in [3.63, 3.8) is 0 Å². The van der Waals surface area contributed by atoms with Gasteiger partial charge < -0.3 is 4.90 Å². The molecular weight excluding hydrogens is 262 g/mol. The summed E-state index contributed by atoms with van der Waals surface area (Å²) in [6, 6.07) is 6.03. The second kappa shape index (κ2) is 4.84. The Labute approximate surface area is 97.8 Å². The van der Waals surface area contributed by atoms with Crippen LogP contribution in [0.15, 0.2) is 22.7 Å². The van der Waals surface area contributed by atoms with Crippen LogP contribution in [0, 0.1) is 6.92 Å². The Balaban J connectivity index is 2.85. The highest BCUT2D eigenvalue weighted by molar-refractivity contribution is 9.10. The van der Waals surface area contributed by atoms with Crippen LogP contribution < -0.4 is 0 Å². The van der Waals surface area contributed by atoms with Crippen LogP contribution in [0.1, 0.15) is 11.1 Å². The van der Waals surface area contributed by atoms with E-state index in [0.29, 0.717) is 6.54 Å². The molecule has 0 aliphatic carbocycles. The van der Waals surface area contributed by atoms with E-state index in [1.165, 1.54) is 5.56 Å². The zero-order valence-electron chi connectivity index (χ0n) is 8.12. The lowest BCUT2D eigenvalue weighted by Gasteiger charge is -2.15. The largest absolute Gasteiger partial charge is 0.333 e. The molecule has 1 aromatic carbocycles. The number of halogens is 1. The molecule has 0 radical (unpaired) electrons. The summed E-state index contributed by atoms with van der Waals surface area (Å²) in [5, 5.41) is -0.218. The molecule has 0 fully saturated rings. The molecule has 14 heavy (non-hydrogen) atoms. The zero-order chi connectivity index (χ0) is 10.7. The first-order valence-corrected chi connectivity index (χ1v) is 5.44. The van der Waals surface area contributed by atoms with Gasteiger partial charge in [0.05, 0.1) is 0 Å². The van der Waals surface area contributed by atoms with Gasteiger partial charge in [0.25, 0.3) is 5.24 Å². The molecule has 0 N–H and O–H groups in total. The minimum atomic E-state index is -0.218. The van der Waals surface area contributed by atoms with E-state index >= 15 is 0 Å². The number of carbonyl (C=O) groups excluding carboxylic acids is 1. The molecule has 0 aromatic heterocycles. The monoisotopic (exact) mass is 273 g/mol. The van der Waals surface area contributed by atoms with Crippen molar-refractivity contribution in [2.75, 3.05) is 7.05 Å². The molecule has 1 aromatic rings. The molecule has 2 nitrogen and oxygen atoms in total. The number of amides is 1. The quantitative estimate of drug-likeness (QED) is 0.821. The van der Waals surface area contributed by atoms with Crippen molar-refractivity contribution in [3.8, 4) is 0 Å². The molecule has 0 bridgehead atoms. The van der Waals surface area contributed by atoms with Crippen molar-refractivity contribution in [3.05, 3.63) is 33.8 Å². The van der Waals surface area contributed by atoms with Crippen LogP contribution in [0.5, 0.6) is 0 Å². The van der Waals surface area contributed by atoms with E-state index in [0.717, 1.165) is 10.0 Å². The molecule has 0 heterocycles. The SMILES string of the molecule is Cc1ccc(Br)cc1CN(C)C(=O)S. The highest BCUT2D eigenvalue weighted by atomic mass is 79.9. The Kier molecular flexibility index (Phi) is 4.01. The number of carbonyl (C=O) groups is 1. The van der Waals surface area contributed by atoms with Gasteiger partial charge in [0, 0.05) is 18.1 Å². The molecular formula is C10H12BrNOS. The molecule has 0 aliphatic heterocycles. The summed E-state index contributed by atoms with van der Waals surface area (Å²) in [6.07, 6.45) is 0. The standard InChI is InChI=1S/C10H12BrNOS/c1-7-3-4-9(11)5-8(7)6-12(2)10(13)14/h3-5H,6H2,1-2H3,(H,13,14). The molecule has 0 saturated heterocycles. The first-order chi connectivity index (χ1) is 6.50. The summed E-state index contributed by atoms with van der Waals surface area (Å²) in [6.45, 7) is 2.62. The highest BCUT2D eigenvalue weighted by Crippen LogP contribution is 2.17. The lowest BCUT2D eigenvalue weighted by atomic mass is 10.1. The maximum Gasteiger partial charge on any atom is 0.278 e. The van der Waals surface area contributed by atoms with Crippen molar-refractivity contribution in [1.82, 2.24) is 4.90 Å². The highest BCUT2D eigenvalue weighted by Gasteiger charge is 2.06. The summed E-state index contributed by atoms with van der Waals surface area (Å²) < 4.78 is 1.03. The zero-order valence-corrected chi connectivity index (χ0v) is 10.6. The fourth-order valence-electron chi connectivity index (χ4n) is 1.13. The van der Waals surface area contributed by atoms with Gasteiger partial charge in [0.1, 0.15) is 0 Å². The number of hydrogen-bond donors (Lipinski definition) is 1. The fraction of sp³-hybridized carbons (Fsp3) is 0.300. The number of aryl methyl sites for hydroxylation is 1. The average molecular weight is 274 g/mol. The minimum Gasteiger partial charge on any atom is -0.333 e. The van der Waals surface area contributed by atoms with E-state index in [-0.39, 0.29) is 5.24 Å². The van der Waals surface area contributed by atoms with Crippen molar-refractivity contribution in [1.29, 1.82) is 0 Å². The topological polar surface area (TPSA) is 20.3 Å². The Morgan fingerprint density at radius 3 is 2.79 bits per heavy atom. The molecule has 0 atom stereocenters. The molecule has 0 spiro atoms. The summed E-state index contributed by atoms with van der Waals surface area (Å²) >= 11 is 7.16. The molecule has 0 saturated carbocycles. The Hall–Kier alpha value is -0.480. The predicted molar refractivity (Wildman–Crippen MR) is 64.7 cm³/mol. The summed E-state index contributed by atoms with van der Waals surface area (Å²) in [5.74, 6) is 0. The molecule has 4 heteroatoms. The van der Waals surface area contributed by atoms with Gasteiger partial charge in [0.15, 0.2) is 0 Å². The minimum absolute atomic E-state index is 0.218. The molecule has 1 rings (SSSR count). The van der Waals surface area contributed by atoms with E-state index in [9.17, 15) is 4.79 Å². The maximum absolute atomic E-state index is 10.9. The first-order valence-electron chi connectivity index (χ1n) is 4.20. The van der Waals surface area contributed by atoms with Crippen LogP contribution in [0.25, 0.3) is 0 Å². The van der Waals surface area contributed by atoms with E-state index < -0.39 is 0 Å².